The number of nitrogens with one attached hydrogen (secondary N) is 4. The molecule has 0 aliphatic carbocycles. The third-order valence-corrected chi connectivity index (χ3v) is 6.54. The summed E-state index contributed by atoms with van der Waals surface area (Å²) in [5.74, 6) is -5.10. The molecule has 3 amide bonds. The molecule has 1 heterocycles. The minimum absolute atomic E-state index is 0.00499. The van der Waals surface area contributed by atoms with Crippen LogP contribution in [-0.4, -0.2) is 74.8 Å². The van der Waals surface area contributed by atoms with Crippen LogP contribution >= 0.6 is 12.6 Å². The molecule has 4 atom stereocenters. The second kappa shape index (κ2) is 14.1. The van der Waals surface area contributed by atoms with Crippen molar-refractivity contribution in [1.29, 1.82) is 0 Å². The number of thiol groups is 1. The van der Waals surface area contributed by atoms with Crippen molar-refractivity contribution in [3.05, 3.63) is 71.9 Å². The van der Waals surface area contributed by atoms with E-state index in [4.69, 9.17) is 10.8 Å². The fourth-order valence-corrected chi connectivity index (χ4v) is 4.33. The molecular weight excluding hydrogens is 538 g/mol. The van der Waals surface area contributed by atoms with Crippen molar-refractivity contribution in [2.24, 2.45) is 5.73 Å². The van der Waals surface area contributed by atoms with Crippen LogP contribution in [0.25, 0.3) is 10.9 Å². The first kappa shape index (κ1) is 30.2. The number of H-pyrrole nitrogens is 1. The SMILES string of the molecule is NC(CC(=O)O)C(=O)NC(CS)C(=O)NC(Cc1c[nH]c2ccccc12)C(=O)NC(Cc1ccccc1)C(=O)O. The van der Waals surface area contributed by atoms with Gasteiger partial charge in [0, 0.05) is 35.7 Å². The molecule has 0 spiro atoms. The van der Waals surface area contributed by atoms with Gasteiger partial charge in [0.25, 0.3) is 0 Å². The second-order valence-electron chi connectivity index (χ2n) is 9.16. The fraction of sp³-hybridized carbons (Fsp3) is 0.296. The molecule has 2 aromatic carbocycles. The lowest BCUT2D eigenvalue weighted by Crippen LogP contribution is -2.58. The van der Waals surface area contributed by atoms with E-state index in [2.05, 4.69) is 33.6 Å². The molecule has 0 saturated heterocycles. The monoisotopic (exact) mass is 569 g/mol. The third kappa shape index (κ3) is 8.32. The zero-order valence-electron chi connectivity index (χ0n) is 21.4. The number of amides is 3. The molecule has 0 saturated carbocycles. The summed E-state index contributed by atoms with van der Waals surface area (Å²) < 4.78 is 0. The molecule has 0 bridgehead atoms. The third-order valence-electron chi connectivity index (χ3n) is 6.18. The van der Waals surface area contributed by atoms with Crippen molar-refractivity contribution in [3.63, 3.8) is 0 Å². The zero-order chi connectivity index (χ0) is 29.2. The Bertz CT molecular complexity index is 1360. The van der Waals surface area contributed by atoms with Gasteiger partial charge in [0.15, 0.2) is 0 Å². The minimum atomic E-state index is -1.40. The lowest BCUT2D eigenvalue weighted by Gasteiger charge is -2.24. The number of hydrogen-bond donors (Lipinski definition) is 8. The Kier molecular flexibility index (Phi) is 10.7. The van der Waals surface area contributed by atoms with Crippen molar-refractivity contribution in [1.82, 2.24) is 20.9 Å². The van der Waals surface area contributed by atoms with Gasteiger partial charge in [-0.1, -0.05) is 48.5 Å². The lowest BCUT2D eigenvalue weighted by molar-refractivity contribution is -0.142. The number of carboxylic acid groups (broad SMARTS) is 2. The van der Waals surface area contributed by atoms with E-state index < -0.39 is 60.2 Å². The largest absolute Gasteiger partial charge is 0.481 e. The van der Waals surface area contributed by atoms with Gasteiger partial charge in [0.1, 0.15) is 18.1 Å². The summed E-state index contributed by atoms with van der Waals surface area (Å²) in [6, 6.07) is 11.0. The predicted octanol–water partition coefficient (Wildman–Crippen LogP) is 0.224. The molecule has 40 heavy (non-hydrogen) atoms. The van der Waals surface area contributed by atoms with Gasteiger partial charge in [0.05, 0.1) is 12.5 Å². The topological polar surface area (TPSA) is 204 Å². The average molecular weight is 570 g/mol. The molecule has 3 rings (SSSR count). The first-order chi connectivity index (χ1) is 19.1. The number of carbonyl (C=O) groups excluding carboxylic acids is 3. The Morgan fingerprint density at radius 2 is 1.40 bits per heavy atom. The van der Waals surface area contributed by atoms with Gasteiger partial charge in [-0.05, 0) is 17.2 Å². The van der Waals surface area contributed by atoms with E-state index in [9.17, 15) is 29.1 Å². The van der Waals surface area contributed by atoms with Crippen molar-refractivity contribution in [3.8, 4) is 0 Å². The van der Waals surface area contributed by atoms with Crippen molar-refractivity contribution < 1.29 is 34.2 Å². The molecule has 8 N–H and O–H groups in total. The smallest absolute Gasteiger partial charge is 0.326 e. The summed E-state index contributed by atoms with van der Waals surface area (Å²) in [6.45, 7) is 0. The van der Waals surface area contributed by atoms with Gasteiger partial charge in [-0.15, -0.1) is 0 Å². The number of fused-ring (bicyclic) bond motifs is 1. The number of rotatable bonds is 14. The second-order valence-corrected chi connectivity index (χ2v) is 9.53. The Morgan fingerprint density at radius 1 is 0.800 bits per heavy atom. The normalized spacial score (nSPS) is 13.9. The quantitative estimate of drug-likeness (QED) is 0.126. The first-order valence-electron chi connectivity index (χ1n) is 12.4. The fourth-order valence-electron chi connectivity index (χ4n) is 4.08. The molecule has 12 nitrogen and oxygen atoms in total. The molecule has 0 aliphatic heterocycles. The van der Waals surface area contributed by atoms with E-state index in [0.29, 0.717) is 11.1 Å². The highest BCUT2D eigenvalue weighted by atomic mass is 32.1. The van der Waals surface area contributed by atoms with Crippen LogP contribution in [0, 0.1) is 0 Å². The Labute approximate surface area is 235 Å². The molecule has 0 aliphatic rings. The van der Waals surface area contributed by atoms with Gasteiger partial charge in [-0.3, -0.25) is 19.2 Å². The Morgan fingerprint density at radius 3 is 2.05 bits per heavy atom. The van der Waals surface area contributed by atoms with Crippen molar-refractivity contribution in [2.75, 3.05) is 5.75 Å². The number of aromatic amines is 1. The van der Waals surface area contributed by atoms with E-state index >= 15 is 0 Å². The summed E-state index contributed by atoms with van der Waals surface area (Å²) in [6.07, 6.45) is 1.08. The molecule has 4 unspecified atom stereocenters. The predicted molar refractivity (Wildman–Crippen MR) is 150 cm³/mol. The molecule has 0 radical (unpaired) electrons. The molecule has 0 fully saturated rings. The number of aliphatic carboxylic acids is 2. The number of para-hydroxylation sites is 1. The molecule has 3 aromatic rings. The average Bonchev–Trinajstić information content (AvgIpc) is 3.33. The van der Waals surface area contributed by atoms with E-state index in [0.717, 1.165) is 10.9 Å². The summed E-state index contributed by atoms with van der Waals surface area (Å²) >= 11 is 4.10. The van der Waals surface area contributed by atoms with Crippen molar-refractivity contribution >= 4 is 53.2 Å². The van der Waals surface area contributed by atoms with E-state index in [1.807, 2.05) is 24.3 Å². The number of hydrogen-bond acceptors (Lipinski definition) is 7. The molecule has 13 heteroatoms. The maximum atomic E-state index is 13.4. The Balaban J connectivity index is 1.81. The number of carboxylic acids is 2. The van der Waals surface area contributed by atoms with E-state index in [-0.39, 0.29) is 18.6 Å². The van der Waals surface area contributed by atoms with Crippen LogP contribution in [0.3, 0.4) is 0 Å². The summed E-state index contributed by atoms with van der Waals surface area (Å²) in [5.41, 5.74) is 7.79. The van der Waals surface area contributed by atoms with Crippen LogP contribution in [0.1, 0.15) is 17.5 Å². The summed E-state index contributed by atoms with van der Waals surface area (Å²) in [4.78, 5) is 64.8. The maximum Gasteiger partial charge on any atom is 0.326 e. The number of aromatic nitrogens is 1. The standard InChI is InChI=1S/C27H31N5O7S/c28-18(12-23(33)34)24(35)32-22(14-40)26(37)30-20(11-16-13-29-19-9-5-4-8-17(16)19)25(36)31-21(27(38)39)10-15-6-2-1-3-7-15/h1-9,13,18,20-22,29,40H,10-12,14,28H2,(H,30,37)(H,31,36)(H,32,35)(H,33,34)(H,38,39). The summed E-state index contributed by atoms with van der Waals surface area (Å²) in [7, 11) is 0. The number of benzene rings is 2. The van der Waals surface area contributed by atoms with Crippen LogP contribution in [0.5, 0.6) is 0 Å². The number of carbonyl (C=O) groups is 5. The van der Waals surface area contributed by atoms with Gasteiger partial charge in [0.2, 0.25) is 17.7 Å². The van der Waals surface area contributed by atoms with Crippen LogP contribution in [0.4, 0.5) is 0 Å². The van der Waals surface area contributed by atoms with Gasteiger partial charge >= 0.3 is 11.9 Å². The number of nitrogens with two attached hydrogens (primary N) is 1. The first-order valence-corrected chi connectivity index (χ1v) is 13.0. The summed E-state index contributed by atoms with van der Waals surface area (Å²) in [5, 5.41) is 26.9. The molecular formula is C27H31N5O7S. The lowest BCUT2D eigenvalue weighted by atomic mass is 10.0. The van der Waals surface area contributed by atoms with Crippen molar-refractivity contribution in [2.45, 2.75) is 43.4 Å². The van der Waals surface area contributed by atoms with Gasteiger partial charge in [-0.25, -0.2) is 4.79 Å². The highest BCUT2D eigenvalue weighted by Crippen LogP contribution is 2.19. The van der Waals surface area contributed by atoms with E-state index in [1.165, 1.54) is 0 Å². The van der Waals surface area contributed by atoms with Crippen LogP contribution < -0.4 is 21.7 Å². The van der Waals surface area contributed by atoms with Crippen LogP contribution in [-0.2, 0) is 36.8 Å². The van der Waals surface area contributed by atoms with Crippen LogP contribution in [0.15, 0.2) is 60.8 Å². The Hall–Kier alpha value is -4.36. The van der Waals surface area contributed by atoms with Gasteiger partial charge in [-0.2, -0.15) is 12.6 Å². The van der Waals surface area contributed by atoms with Gasteiger partial charge < -0.3 is 36.9 Å². The maximum absolute atomic E-state index is 13.4. The zero-order valence-corrected chi connectivity index (χ0v) is 22.3. The molecule has 1 aromatic heterocycles. The highest BCUT2D eigenvalue weighted by Gasteiger charge is 2.31. The minimum Gasteiger partial charge on any atom is -0.481 e. The highest BCUT2D eigenvalue weighted by molar-refractivity contribution is 7.80. The van der Waals surface area contributed by atoms with E-state index in [1.54, 1.807) is 36.5 Å². The van der Waals surface area contributed by atoms with Crippen LogP contribution in [0.2, 0.25) is 0 Å². The molecule has 212 valence electrons.